The number of hydrogen-bond acceptors (Lipinski definition) is 3. The molecule has 1 aromatic heterocycles. The quantitative estimate of drug-likeness (QED) is 0.848. The summed E-state index contributed by atoms with van der Waals surface area (Å²) in [6.45, 7) is 7.06. The van der Waals surface area contributed by atoms with Crippen LogP contribution >= 0.6 is 0 Å². The van der Waals surface area contributed by atoms with Crippen molar-refractivity contribution in [3.05, 3.63) is 45.7 Å². The molecule has 25 heavy (non-hydrogen) atoms. The van der Waals surface area contributed by atoms with Crippen LogP contribution in [-0.4, -0.2) is 41.5 Å². The summed E-state index contributed by atoms with van der Waals surface area (Å²) in [4.78, 5) is 29.7. The Labute approximate surface area is 148 Å². The second-order valence-electron chi connectivity index (χ2n) is 6.94. The van der Waals surface area contributed by atoms with E-state index in [4.69, 9.17) is 0 Å². The van der Waals surface area contributed by atoms with Crippen LogP contribution in [0.3, 0.4) is 0 Å². The average Bonchev–Trinajstić information content (AvgIpc) is 3.06. The molecular weight excluding hydrogens is 314 g/mol. The highest BCUT2D eigenvalue weighted by Crippen LogP contribution is 2.16. The summed E-state index contributed by atoms with van der Waals surface area (Å²) in [7, 11) is 0. The maximum Gasteiger partial charge on any atom is 0.251 e. The smallest absolute Gasteiger partial charge is 0.251 e. The number of fused-ring (bicyclic) bond motifs is 1. The number of likely N-dealkylation sites (N-methyl/N-ethyl adjacent to an activating group) is 1. The lowest BCUT2D eigenvalue weighted by molar-refractivity contribution is -0.121. The van der Waals surface area contributed by atoms with Gasteiger partial charge in [-0.05, 0) is 62.9 Å². The fraction of sp³-hybridized carbons (Fsp3) is 0.500. The first-order chi connectivity index (χ1) is 12.1. The molecule has 5 heteroatoms. The van der Waals surface area contributed by atoms with Gasteiger partial charge >= 0.3 is 0 Å². The molecule has 1 fully saturated rings. The summed E-state index contributed by atoms with van der Waals surface area (Å²) < 4.78 is 0. The van der Waals surface area contributed by atoms with Crippen LogP contribution in [0.5, 0.6) is 0 Å². The Morgan fingerprint density at radius 3 is 3.00 bits per heavy atom. The lowest BCUT2D eigenvalue weighted by Crippen LogP contribution is -2.40. The van der Waals surface area contributed by atoms with E-state index in [1.165, 1.54) is 6.42 Å². The van der Waals surface area contributed by atoms with Gasteiger partial charge in [0.25, 0.3) is 5.56 Å². The zero-order chi connectivity index (χ0) is 17.8. The number of H-pyrrole nitrogens is 1. The summed E-state index contributed by atoms with van der Waals surface area (Å²) in [5.41, 5.74) is 2.56. The predicted molar refractivity (Wildman–Crippen MR) is 101 cm³/mol. The van der Waals surface area contributed by atoms with Crippen LogP contribution in [0, 0.1) is 6.92 Å². The first-order valence-electron chi connectivity index (χ1n) is 9.20. The van der Waals surface area contributed by atoms with Crippen LogP contribution in [0.15, 0.2) is 29.1 Å². The molecule has 2 N–H and O–H groups in total. The molecule has 0 saturated carbocycles. The molecule has 0 radical (unpaired) electrons. The Bertz CT molecular complexity index is 812. The largest absolute Gasteiger partial charge is 0.355 e. The van der Waals surface area contributed by atoms with Gasteiger partial charge in [0.1, 0.15) is 0 Å². The van der Waals surface area contributed by atoms with Gasteiger partial charge in [0.2, 0.25) is 5.91 Å². The van der Waals surface area contributed by atoms with Crippen LogP contribution < -0.4 is 10.9 Å². The van der Waals surface area contributed by atoms with Crippen LogP contribution in [0.25, 0.3) is 10.9 Å². The third-order valence-electron chi connectivity index (χ3n) is 5.14. The summed E-state index contributed by atoms with van der Waals surface area (Å²) in [5, 5.41) is 4.05. The fourth-order valence-electron chi connectivity index (χ4n) is 3.67. The van der Waals surface area contributed by atoms with Gasteiger partial charge in [0, 0.05) is 30.1 Å². The third-order valence-corrected chi connectivity index (χ3v) is 5.14. The maximum absolute atomic E-state index is 12.2. The zero-order valence-corrected chi connectivity index (χ0v) is 15.1. The lowest BCUT2D eigenvalue weighted by atomic mass is 10.1. The summed E-state index contributed by atoms with van der Waals surface area (Å²) in [6.07, 6.45) is 3.17. The van der Waals surface area contributed by atoms with Gasteiger partial charge in [-0.1, -0.05) is 18.6 Å². The van der Waals surface area contributed by atoms with Gasteiger partial charge in [-0.3, -0.25) is 14.5 Å². The van der Waals surface area contributed by atoms with E-state index in [2.05, 4.69) is 22.1 Å². The molecule has 1 aliphatic rings. The highest BCUT2D eigenvalue weighted by atomic mass is 16.1. The number of carbonyl (C=O) groups excluding carboxylic acids is 1. The summed E-state index contributed by atoms with van der Waals surface area (Å²) in [5.74, 6) is 0.0201. The van der Waals surface area contributed by atoms with Crippen LogP contribution in [0.2, 0.25) is 0 Å². The monoisotopic (exact) mass is 341 g/mol. The predicted octanol–water partition coefficient (Wildman–Crippen LogP) is 2.37. The second-order valence-corrected chi connectivity index (χ2v) is 6.94. The Kier molecular flexibility index (Phi) is 5.53. The SMILES string of the molecule is CCN1CCCC1CNC(=O)CCc1cc2cc(C)ccc2[nH]c1=O. The average molecular weight is 341 g/mol. The molecule has 2 aromatic rings. The van der Waals surface area contributed by atoms with E-state index in [1.807, 2.05) is 31.2 Å². The molecule has 0 aliphatic carbocycles. The normalized spacial score (nSPS) is 17.9. The fourth-order valence-corrected chi connectivity index (χ4v) is 3.67. The van der Waals surface area contributed by atoms with E-state index in [9.17, 15) is 9.59 Å². The number of pyridine rings is 1. The van der Waals surface area contributed by atoms with Crippen molar-refractivity contribution in [2.45, 2.75) is 45.6 Å². The number of nitrogens with one attached hydrogen (secondary N) is 2. The van der Waals surface area contributed by atoms with E-state index in [0.29, 0.717) is 31.0 Å². The van der Waals surface area contributed by atoms with Gasteiger partial charge in [-0.15, -0.1) is 0 Å². The topological polar surface area (TPSA) is 65.2 Å². The number of aromatic amines is 1. The minimum Gasteiger partial charge on any atom is -0.355 e. The number of aryl methyl sites for hydroxylation is 2. The molecule has 1 unspecified atom stereocenters. The number of aromatic nitrogens is 1. The van der Waals surface area contributed by atoms with Gasteiger partial charge in [-0.2, -0.15) is 0 Å². The molecule has 1 aliphatic heterocycles. The maximum atomic E-state index is 12.2. The van der Waals surface area contributed by atoms with Crippen molar-refractivity contribution in [2.75, 3.05) is 19.6 Å². The van der Waals surface area contributed by atoms with Gasteiger partial charge in [0.15, 0.2) is 0 Å². The molecule has 1 atom stereocenters. The zero-order valence-electron chi connectivity index (χ0n) is 15.1. The van der Waals surface area contributed by atoms with Gasteiger partial charge in [-0.25, -0.2) is 0 Å². The van der Waals surface area contributed by atoms with Crippen molar-refractivity contribution in [3.63, 3.8) is 0 Å². The number of carbonyl (C=O) groups is 1. The van der Waals surface area contributed by atoms with E-state index < -0.39 is 0 Å². The van der Waals surface area contributed by atoms with Gasteiger partial charge in [0.05, 0.1) is 0 Å². The van der Waals surface area contributed by atoms with E-state index in [-0.39, 0.29) is 11.5 Å². The van der Waals surface area contributed by atoms with E-state index >= 15 is 0 Å². The minimum atomic E-state index is -0.0999. The molecular formula is C20H27N3O2. The Hall–Kier alpha value is -2.14. The summed E-state index contributed by atoms with van der Waals surface area (Å²) >= 11 is 0. The Morgan fingerprint density at radius 1 is 1.36 bits per heavy atom. The molecule has 134 valence electrons. The first-order valence-corrected chi connectivity index (χ1v) is 9.20. The first kappa shape index (κ1) is 17.7. The second kappa shape index (κ2) is 7.83. The Morgan fingerprint density at radius 2 is 2.20 bits per heavy atom. The summed E-state index contributed by atoms with van der Waals surface area (Å²) in [6, 6.07) is 8.32. The minimum absolute atomic E-state index is 0.0201. The van der Waals surface area contributed by atoms with Crippen LogP contribution in [0.4, 0.5) is 0 Å². The number of benzene rings is 1. The van der Waals surface area contributed by atoms with E-state index in [1.54, 1.807) is 0 Å². The van der Waals surface area contributed by atoms with Crippen molar-refractivity contribution in [1.29, 1.82) is 0 Å². The van der Waals surface area contributed by atoms with Crippen LogP contribution in [0.1, 0.15) is 37.3 Å². The number of hydrogen-bond donors (Lipinski definition) is 2. The third kappa shape index (κ3) is 4.28. The molecule has 3 rings (SSSR count). The Balaban J connectivity index is 1.57. The number of likely N-dealkylation sites (tertiary alicyclic amines) is 1. The van der Waals surface area contributed by atoms with Gasteiger partial charge < -0.3 is 10.3 Å². The van der Waals surface area contributed by atoms with E-state index in [0.717, 1.165) is 36.0 Å². The number of nitrogens with zero attached hydrogens (tertiary/aromatic N) is 1. The van der Waals surface area contributed by atoms with Crippen molar-refractivity contribution < 1.29 is 4.79 Å². The lowest BCUT2D eigenvalue weighted by Gasteiger charge is -2.22. The molecule has 1 saturated heterocycles. The molecule has 5 nitrogen and oxygen atoms in total. The highest BCUT2D eigenvalue weighted by Gasteiger charge is 2.23. The standard InChI is InChI=1S/C20H27N3O2/c1-3-23-10-4-5-17(23)13-21-19(24)9-7-15-12-16-11-14(2)6-8-18(16)22-20(15)25/h6,8,11-12,17H,3-5,7,9-10,13H2,1-2H3,(H,21,24)(H,22,25). The van der Waals surface area contributed by atoms with Crippen molar-refractivity contribution >= 4 is 16.8 Å². The van der Waals surface area contributed by atoms with Crippen molar-refractivity contribution in [2.24, 2.45) is 0 Å². The number of rotatable bonds is 6. The van der Waals surface area contributed by atoms with Crippen molar-refractivity contribution in [3.8, 4) is 0 Å². The van der Waals surface area contributed by atoms with Crippen molar-refractivity contribution in [1.82, 2.24) is 15.2 Å². The molecule has 1 aromatic carbocycles. The van der Waals surface area contributed by atoms with Crippen LogP contribution in [-0.2, 0) is 11.2 Å². The molecule has 1 amide bonds. The molecule has 0 spiro atoms. The number of amides is 1. The molecule has 0 bridgehead atoms. The highest BCUT2D eigenvalue weighted by molar-refractivity contribution is 5.80. The molecule has 2 heterocycles.